The summed E-state index contributed by atoms with van der Waals surface area (Å²) in [5.74, 6) is -2.07. The molecule has 5 nitrogen and oxygen atoms in total. The van der Waals surface area contributed by atoms with Crippen molar-refractivity contribution in [1.82, 2.24) is 9.88 Å². The molecule has 0 bridgehead atoms. The second-order valence-corrected chi connectivity index (χ2v) is 5.22. The maximum atomic E-state index is 12.8. The molecule has 0 spiro atoms. The van der Waals surface area contributed by atoms with Gasteiger partial charge in [-0.15, -0.1) is 0 Å². The van der Waals surface area contributed by atoms with Crippen molar-refractivity contribution in [1.29, 1.82) is 0 Å². The quantitative estimate of drug-likeness (QED) is 0.692. The summed E-state index contributed by atoms with van der Waals surface area (Å²) in [4.78, 5) is 43.0. The number of amides is 3. The van der Waals surface area contributed by atoms with Crippen molar-refractivity contribution in [3.05, 3.63) is 102 Å². The Morgan fingerprint density at radius 2 is 1.04 bits per heavy atom. The highest BCUT2D eigenvalue weighted by Gasteiger charge is 2.31. The number of carbonyl (C=O) groups is 3. The van der Waals surface area contributed by atoms with Gasteiger partial charge in [-0.3, -0.25) is 19.4 Å². The van der Waals surface area contributed by atoms with E-state index in [1.54, 1.807) is 66.7 Å². The number of hydrogen-bond acceptors (Lipinski definition) is 4. The van der Waals surface area contributed by atoms with Crippen LogP contribution in [-0.2, 0) is 0 Å². The van der Waals surface area contributed by atoms with Gasteiger partial charge in [0.05, 0.1) is 5.56 Å². The molecule has 0 radical (unpaired) electrons. The largest absolute Gasteiger partial charge is 0.269 e. The molecule has 0 aliphatic heterocycles. The number of carbonyl (C=O) groups excluding carboxylic acids is 3. The zero-order chi connectivity index (χ0) is 17.6. The van der Waals surface area contributed by atoms with Crippen LogP contribution >= 0.6 is 0 Å². The minimum absolute atomic E-state index is 0.163. The van der Waals surface area contributed by atoms with Gasteiger partial charge in [0.15, 0.2) is 0 Å². The van der Waals surface area contributed by atoms with Crippen LogP contribution in [0.3, 0.4) is 0 Å². The Morgan fingerprint density at radius 1 is 0.600 bits per heavy atom. The fourth-order valence-corrected chi connectivity index (χ4v) is 2.31. The van der Waals surface area contributed by atoms with Gasteiger partial charge >= 0.3 is 0 Å². The molecule has 3 aromatic rings. The number of nitrogens with zero attached hydrogens (tertiary/aromatic N) is 2. The van der Waals surface area contributed by atoms with Crippen molar-refractivity contribution in [3.63, 3.8) is 0 Å². The van der Waals surface area contributed by atoms with Crippen molar-refractivity contribution in [2.75, 3.05) is 0 Å². The number of rotatable bonds is 3. The zero-order valence-electron chi connectivity index (χ0n) is 13.2. The van der Waals surface area contributed by atoms with Crippen molar-refractivity contribution in [3.8, 4) is 0 Å². The van der Waals surface area contributed by atoms with Gasteiger partial charge in [0.2, 0.25) is 0 Å². The van der Waals surface area contributed by atoms with Crippen LogP contribution in [0.4, 0.5) is 0 Å². The van der Waals surface area contributed by atoms with Crippen molar-refractivity contribution in [2.24, 2.45) is 0 Å². The van der Waals surface area contributed by atoms with E-state index < -0.39 is 17.7 Å². The van der Waals surface area contributed by atoms with Crippen LogP contribution in [0.2, 0.25) is 0 Å². The maximum Gasteiger partial charge on any atom is 0.269 e. The Labute approximate surface area is 144 Å². The molecule has 0 aliphatic rings. The number of pyridine rings is 1. The summed E-state index contributed by atoms with van der Waals surface area (Å²) < 4.78 is 0. The second kappa shape index (κ2) is 7.31. The summed E-state index contributed by atoms with van der Waals surface area (Å²) in [6.07, 6.45) is 2.84. The minimum atomic E-state index is -0.712. The summed E-state index contributed by atoms with van der Waals surface area (Å²) in [6.45, 7) is 0. The first-order chi connectivity index (χ1) is 12.2. The monoisotopic (exact) mass is 330 g/mol. The lowest BCUT2D eigenvalue weighted by atomic mass is 10.1. The highest BCUT2D eigenvalue weighted by molar-refractivity contribution is 6.23. The van der Waals surface area contributed by atoms with E-state index in [1.807, 2.05) is 0 Å². The van der Waals surface area contributed by atoms with E-state index in [4.69, 9.17) is 0 Å². The summed E-state index contributed by atoms with van der Waals surface area (Å²) in [5, 5.41) is 0. The lowest BCUT2D eigenvalue weighted by Crippen LogP contribution is -2.42. The summed E-state index contributed by atoms with van der Waals surface area (Å²) >= 11 is 0. The van der Waals surface area contributed by atoms with Gasteiger partial charge < -0.3 is 0 Å². The molecule has 0 unspecified atom stereocenters. The molecule has 3 rings (SSSR count). The van der Waals surface area contributed by atoms with Gasteiger partial charge in [0.1, 0.15) is 0 Å². The van der Waals surface area contributed by atoms with Crippen LogP contribution in [0.1, 0.15) is 31.1 Å². The Balaban J connectivity index is 2.04. The van der Waals surface area contributed by atoms with Crippen molar-refractivity contribution in [2.45, 2.75) is 0 Å². The van der Waals surface area contributed by atoms with Gasteiger partial charge in [-0.1, -0.05) is 36.4 Å². The third kappa shape index (κ3) is 3.50. The lowest BCUT2D eigenvalue weighted by molar-refractivity contribution is 0.0538. The topological polar surface area (TPSA) is 67.3 Å². The van der Waals surface area contributed by atoms with Gasteiger partial charge in [0, 0.05) is 23.5 Å². The molecule has 122 valence electrons. The molecule has 0 saturated carbocycles. The van der Waals surface area contributed by atoms with E-state index >= 15 is 0 Å². The standard InChI is InChI=1S/C20H14N2O3/c23-18(15-8-3-1-4-9-15)22(19(24)16-10-5-2-6-11-16)20(25)17-12-7-13-21-14-17/h1-14H. The number of aromatic nitrogens is 1. The average molecular weight is 330 g/mol. The molecular formula is C20H14N2O3. The van der Waals surface area contributed by atoms with Crippen molar-refractivity contribution < 1.29 is 14.4 Å². The van der Waals surface area contributed by atoms with Crippen LogP contribution in [0.25, 0.3) is 0 Å². The Hall–Kier alpha value is -3.60. The normalized spacial score (nSPS) is 10.1. The molecule has 5 heteroatoms. The van der Waals surface area contributed by atoms with Gasteiger partial charge in [-0.2, -0.15) is 0 Å². The second-order valence-electron chi connectivity index (χ2n) is 5.22. The predicted octanol–water partition coefficient (Wildman–Crippen LogP) is 3.20. The first-order valence-electron chi connectivity index (χ1n) is 7.61. The van der Waals surface area contributed by atoms with E-state index in [-0.39, 0.29) is 16.7 Å². The lowest BCUT2D eigenvalue weighted by Gasteiger charge is -2.19. The highest BCUT2D eigenvalue weighted by atomic mass is 16.2. The number of benzene rings is 2. The molecule has 25 heavy (non-hydrogen) atoms. The maximum absolute atomic E-state index is 12.8. The van der Waals surface area contributed by atoms with Crippen LogP contribution in [0.15, 0.2) is 85.2 Å². The van der Waals surface area contributed by atoms with Crippen LogP contribution < -0.4 is 0 Å². The van der Waals surface area contributed by atoms with Crippen molar-refractivity contribution >= 4 is 17.7 Å². The Morgan fingerprint density at radius 3 is 1.48 bits per heavy atom. The van der Waals surface area contributed by atoms with E-state index in [2.05, 4.69) is 4.98 Å². The van der Waals surface area contributed by atoms with Gasteiger partial charge in [-0.05, 0) is 36.4 Å². The first-order valence-corrected chi connectivity index (χ1v) is 7.61. The van der Waals surface area contributed by atoms with Crippen LogP contribution in [0.5, 0.6) is 0 Å². The first kappa shape index (κ1) is 16.3. The Kier molecular flexibility index (Phi) is 4.76. The molecule has 0 fully saturated rings. The number of imide groups is 3. The van der Waals surface area contributed by atoms with Gasteiger partial charge in [0.25, 0.3) is 17.7 Å². The molecule has 2 aromatic carbocycles. The van der Waals surface area contributed by atoms with E-state index in [0.29, 0.717) is 4.90 Å². The van der Waals surface area contributed by atoms with E-state index in [9.17, 15) is 14.4 Å². The van der Waals surface area contributed by atoms with E-state index in [0.717, 1.165) is 0 Å². The SMILES string of the molecule is O=C(c1ccccc1)N(C(=O)c1ccccc1)C(=O)c1cccnc1. The van der Waals surface area contributed by atoms with E-state index in [1.165, 1.54) is 18.5 Å². The zero-order valence-corrected chi connectivity index (χ0v) is 13.2. The highest BCUT2D eigenvalue weighted by Crippen LogP contribution is 2.14. The summed E-state index contributed by atoms with van der Waals surface area (Å²) in [6, 6.07) is 19.5. The minimum Gasteiger partial charge on any atom is -0.268 e. The fraction of sp³-hybridized carbons (Fsp3) is 0. The third-order valence-corrected chi connectivity index (χ3v) is 3.56. The summed E-state index contributed by atoms with van der Waals surface area (Å²) in [5.41, 5.74) is 0.670. The fourth-order valence-electron chi connectivity index (χ4n) is 2.31. The molecule has 3 amide bonds. The molecular weight excluding hydrogens is 316 g/mol. The smallest absolute Gasteiger partial charge is 0.268 e. The van der Waals surface area contributed by atoms with Crippen LogP contribution in [-0.4, -0.2) is 27.6 Å². The molecule has 0 atom stereocenters. The average Bonchev–Trinajstić information content (AvgIpc) is 2.70. The summed E-state index contributed by atoms with van der Waals surface area (Å²) in [7, 11) is 0. The van der Waals surface area contributed by atoms with Crippen LogP contribution in [0, 0.1) is 0 Å². The predicted molar refractivity (Wildman–Crippen MR) is 92.0 cm³/mol. The Bertz CT molecular complexity index is 772. The third-order valence-electron chi connectivity index (χ3n) is 3.56. The number of hydrogen-bond donors (Lipinski definition) is 0. The molecule has 0 aliphatic carbocycles. The molecule has 1 heterocycles. The molecule has 0 saturated heterocycles. The molecule has 1 aromatic heterocycles. The van der Waals surface area contributed by atoms with Gasteiger partial charge in [-0.25, -0.2) is 4.90 Å². The molecule has 0 N–H and O–H groups in total.